The van der Waals surface area contributed by atoms with E-state index < -0.39 is 0 Å². The fraction of sp³-hybridized carbons (Fsp3) is 0.364. The van der Waals surface area contributed by atoms with Crippen molar-refractivity contribution in [1.82, 2.24) is 20.6 Å². The van der Waals surface area contributed by atoms with E-state index in [-0.39, 0.29) is 36.9 Å². The van der Waals surface area contributed by atoms with E-state index in [1.54, 1.807) is 0 Å². The molecule has 3 rings (SSSR count). The molecule has 19 heavy (non-hydrogen) atoms. The Kier molecular flexibility index (Phi) is 5.37. The summed E-state index contributed by atoms with van der Waals surface area (Å²) in [7, 11) is 0. The lowest BCUT2D eigenvalue weighted by atomic mass is 10.1. The molecule has 0 atom stereocenters. The van der Waals surface area contributed by atoms with Crippen LogP contribution in [0.4, 0.5) is 10.1 Å². The van der Waals surface area contributed by atoms with E-state index in [1.165, 1.54) is 12.4 Å². The highest BCUT2D eigenvalue weighted by atomic mass is 35.5. The Balaban J connectivity index is 0.000000902. The summed E-state index contributed by atoms with van der Waals surface area (Å²) >= 11 is 0. The molecule has 2 aromatic rings. The number of halogens is 3. The zero-order valence-electron chi connectivity index (χ0n) is 10.3. The molecule has 0 amide bonds. The molecule has 1 aromatic heterocycles. The third kappa shape index (κ3) is 2.92. The lowest BCUT2D eigenvalue weighted by molar-refractivity contribution is 0.615. The highest BCUT2D eigenvalue weighted by molar-refractivity contribution is 5.86. The number of anilines is 1. The maximum atomic E-state index is 13.8. The lowest BCUT2D eigenvalue weighted by Gasteiger charge is -2.16. The van der Waals surface area contributed by atoms with Gasteiger partial charge >= 0.3 is 0 Å². The van der Waals surface area contributed by atoms with Gasteiger partial charge in [-0.05, 0) is 13.0 Å². The first-order valence-electron chi connectivity index (χ1n) is 5.61. The Morgan fingerprint density at radius 1 is 1.32 bits per heavy atom. The first kappa shape index (κ1) is 16.0. The molecule has 1 aliphatic heterocycles. The molecule has 1 fully saturated rings. The molecule has 5 nitrogen and oxygen atoms in total. The summed E-state index contributed by atoms with van der Waals surface area (Å²) in [5.41, 5.74) is 2.83. The molecule has 0 radical (unpaired) electrons. The number of aryl methyl sites for hydroxylation is 1. The van der Waals surface area contributed by atoms with Crippen LogP contribution in [0, 0.1) is 12.7 Å². The second kappa shape index (κ2) is 6.38. The lowest BCUT2D eigenvalue weighted by Crippen LogP contribution is -2.39. The molecule has 106 valence electrons. The van der Waals surface area contributed by atoms with E-state index in [9.17, 15) is 4.39 Å². The van der Waals surface area contributed by atoms with Crippen LogP contribution in [0.25, 0.3) is 11.0 Å². The van der Waals surface area contributed by atoms with Gasteiger partial charge in [0.2, 0.25) is 0 Å². The van der Waals surface area contributed by atoms with Gasteiger partial charge in [-0.15, -0.1) is 24.8 Å². The standard InChI is InChI=1S/C11H14FN5.2ClH/c1-6-8(17-11-13-2-3-14-11)4-7(12)10-9(6)15-5-16-10;;/h4-5,11,13-14,17H,2-3H2,1H3,(H,15,16);2*1H. The van der Waals surface area contributed by atoms with Crippen molar-refractivity contribution in [2.24, 2.45) is 0 Å². The van der Waals surface area contributed by atoms with Gasteiger partial charge in [-0.25, -0.2) is 9.37 Å². The number of imidazole rings is 1. The maximum Gasteiger partial charge on any atom is 0.150 e. The zero-order chi connectivity index (χ0) is 11.8. The number of fused-ring (bicyclic) bond motifs is 1. The molecular weight excluding hydrogens is 292 g/mol. The number of H-pyrrole nitrogens is 1. The van der Waals surface area contributed by atoms with Gasteiger partial charge in [0.15, 0.2) is 5.82 Å². The van der Waals surface area contributed by atoms with Crippen LogP contribution in [-0.4, -0.2) is 29.3 Å². The minimum Gasteiger partial charge on any atom is -0.357 e. The van der Waals surface area contributed by atoms with Crippen LogP contribution in [0.3, 0.4) is 0 Å². The number of nitrogens with one attached hydrogen (secondary N) is 4. The summed E-state index contributed by atoms with van der Waals surface area (Å²) in [6.07, 6.45) is 1.50. The summed E-state index contributed by atoms with van der Waals surface area (Å²) in [5.74, 6) is -0.288. The third-order valence-electron chi connectivity index (χ3n) is 3.03. The largest absolute Gasteiger partial charge is 0.357 e. The van der Waals surface area contributed by atoms with Crippen molar-refractivity contribution in [3.8, 4) is 0 Å². The number of nitrogens with zero attached hydrogens (tertiary/aromatic N) is 1. The van der Waals surface area contributed by atoms with Crippen molar-refractivity contribution in [1.29, 1.82) is 0 Å². The molecule has 1 aromatic carbocycles. The zero-order valence-corrected chi connectivity index (χ0v) is 11.9. The predicted molar refractivity (Wildman–Crippen MR) is 78.7 cm³/mol. The molecular formula is C11H16Cl2FN5. The first-order chi connectivity index (χ1) is 8.25. The summed E-state index contributed by atoms with van der Waals surface area (Å²) in [6, 6.07) is 1.50. The third-order valence-corrected chi connectivity index (χ3v) is 3.03. The number of hydrogen-bond donors (Lipinski definition) is 4. The Labute approximate surface area is 122 Å². The van der Waals surface area contributed by atoms with Crippen molar-refractivity contribution in [2.75, 3.05) is 18.4 Å². The molecule has 2 heterocycles. The Morgan fingerprint density at radius 3 is 2.68 bits per heavy atom. The maximum absolute atomic E-state index is 13.8. The van der Waals surface area contributed by atoms with Gasteiger partial charge in [0.1, 0.15) is 11.8 Å². The Morgan fingerprint density at radius 2 is 2.00 bits per heavy atom. The molecule has 1 aliphatic rings. The molecule has 4 N–H and O–H groups in total. The van der Waals surface area contributed by atoms with Gasteiger partial charge < -0.3 is 10.3 Å². The number of hydrogen-bond acceptors (Lipinski definition) is 4. The number of aromatic nitrogens is 2. The number of aromatic amines is 1. The average molecular weight is 308 g/mol. The van der Waals surface area contributed by atoms with Gasteiger partial charge in [-0.2, -0.15) is 0 Å². The van der Waals surface area contributed by atoms with E-state index in [4.69, 9.17) is 0 Å². The fourth-order valence-corrected chi connectivity index (χ4v) is 2.11. The highest BCUT2D eigenvalue weighted by Crippen LogP contribution is 2.25. The Bertz CT molecular complexity index is 553. The molecule has 1 saturated heterocycles. The van der Waals surface area contributed by atoms with Crippen LogP contribution in [0.1, 0.15) is 5.56 Å². The van der Waals surface area contributed by atoms with E-state index in [0.717, 1.165) is 24.3 Å². The SMILES string of the molecule is Cc1c(NC2NCCN2)cc(F)c2[nH]cnc12.Cl.Cl. The van der Waals surface area contributed by atoms with Crippen LogP contribution >= 0.6 is 24.8 Å². The van der Waals surface area contributed by atoms with Gasteiger partial charge in [-0.3, -0.25) is 10.6 Å². The molecule has 0 unspecified atom stereocenters. The van der Waals surface area contributed by atoms with E-state index >= 15 is 0 Å². The quantitative estimate of drug-likeness (QED) is 0.682. The van der Waals surface area contributed by atoms with Crippen LogP contribution in [0.2, 0.25) is 0 Å². The molecule has 0 saturated carbocycles. The number of benzene rings is 1. The summed E-state index contributed by atoms with van der Waals surface area (Å²) in [6.45, 7) is 3.74. The summed E-state index contributed by atoms with van der Waals surface area (Å²) in [4.78, 5) is 6.94. The number of rotatable bonds is 2. The predicted octanol–water partition coefficient (Wildman–Crippen LogP) is 1.74. The first-order valence-corrected chi connectivity index (χ1v) is 5.61. The van der Waals surface area contributed by atoms with Gasteiger partial charge in [0, 0.05) is 24.3 Å². The minimum atomic E-state index is -0.288. The second-order valence-corrected chi connectivity index (χ2v) is 4.14. The van der Waals surface area contributed by atoms with Gasteiger partial charge in [-0.1, -0.05) is 0 Å². The van der Waals surface area contributed by atoms with Gasteiger partial charge in [0.05, 0.1) is 11.8 Å². The molecule has 8 heteroatoms. The molecule has 0 bridgehead atoms. The van der Waals surface area contributed by atoms with Crippen molar-refractivity contribution >= 4 is 41.5 Å². The van der Waals surface area contributed by atoms with Crippen LogP contribution < -0.4 is 16.0 Å². The topological polar surface area (TPSA) is 64.8 Å². The monoisotopic (exact) mass is 307 g/mol. The normalized spacial score (nSPS) is 15.1. The highest BCUT2D eigenvalue weighted by Gasteiger charge is 2.16. The van der Waals surface area contributed by atoms with E-state index in [2.05, 4.69) is 25.9 Å². The molecule has 0 aliphatic carbocycles. The minimum absolute atomic E-state index is 0. The van der Waals surface area contributed by atoms with E-state index in [1.807, 2.05) is 6.92 Å². The van der Waals surface area contributed by atoms with Crippen LogP contribution in [-0.2, 0) is 0 Å². The van der Waals surface area contributed by atoms with Crippen molar-refractivity contribution < 1.29 is 4.39 Å². The van der Waals surface area contributed by atoms with Crippen LogP contribution in [0.15, 0.2) is 12.4 Å². The van der Waals surface area contributed by atoms with Crippen LogP contribution in [0.5, 0.6) is 0 Å². The smallest absolute Gasteiger partial charge is 0.150 e. The van der Waals surface area contributed by atoms with Crippen molar-refractivity contribution in [2.45, 2.75) is 13.2 Å². The van der Waals surface area contributed by atoms with Crippen molar-refractivity contribution in [3.05, 3.63) is 23.8 Å². The van der Waals surface area contributed by atoms with E-state index in [0.29, 0.717) is 11.0 Å². The summed E-state index contributed by atoms with van der Waals surface area (Å²) < 4.78 is 13.8. The van der Waals surface area contributed by atoms with Crippen molar-refractivity contribution in [3.63, 3.8) is 0 Å². The molecule has 0 spiro atoms. The average Bonchev–Trinajstić information content (AvgIpc) is 2.96. The second-order valence-electron chi connectivity index (χ2n) is 4.14. The summed E-state index contributed by atoms with van der Waals surface area (Å²) in [5, 5.41) is 9.66. The Hall–Kier alpha value is -1.08. The fourth-order valence-electron chi connectivity index (χ4n) is 2.11. The van der Waals surface area contributed by atoms with Gasteiger partial charge in [0.25, 0.3) is 0 Å².